The van der Waals surface area contributed by atoms with Crippen molar-refractivity contribution in [2.24, 2.45) is 0 Å². The number of methoxy groups -OCH3 is 1. The van der Waals surface area contributed by atoms with E-state index in [0.29, 0.717) is 19.6 Å². The summed E-state index contributed by atoms with van der Waals surface area (Å²) in [5.74, 6) is 0.791. The van der Waals surface area contributed by atoms with Gasteiger partial charge in [-0.3, -0.25) is 9.69 Å². The fourth-order valence-electron chi connectivity index (χ4n) is 4.16. The molecule has 0 aromatic heterocycles. The Balaban J connectivity index is 1.45. The summed E-state index contributed by atoms with van der Waals surface area (Å²) in [6, 6.07) is 16.9. The molecule has 1 unspecified atom stereocenters. The lowest BCUT2D eigenvalue weighted by molar-refractivity contribution is -0.140. The molecule has 3 rings (SSSR count). The SMILES string of the molecule is CCOc1ccc(-c2ccc(COC3CCCCN3CCCCCC(=O)OC)cc2)cc1. The van der Waals surface area contributed by atoms with E-state index in [4.69, 9.17) is 14.2 Å². The number of carbonyl (C=O) groups is 1. The van der Waals surface area contributed by atoms with Crippen LogP contribution >= 0.6 is 0 Å². The van der Waals surface area contributed by atoms with E-state index in [2.05, 4.69) is 41.3 Å². The van der Waals surface area contributed by atoms with Crippen LogP contribution in [-0.4, -0.2) is 43.9 Å². The van der Waals surface area contributed by atoms with Gasteiger partial charge in [0, 0.05) is 19.5 Å². The van der Waals surface area contributed by atoms with Gasteiger partial charge in [0.1, 0.15) is 12.0 Å². The largest absolute Gasteiger partial charge is 0.494 e. The van der Waals surface area contributed by atoms with Crippen molar-refractivity contribution >= 4 is 5.97 Å². The number of unbranched alkanes of at least 4 members (excludes halogenated alkanes) is 2. The zero-order valence-electron chi connectivity index (χ0n) is 19.6. The normalized spacial score (nSPS) is 16.6. The van der Waals surface area contributed by atoms with E-state index in [0.717, 1.165) is 44.5 Å². The van der Waals surface area contributed by atoms with E-state index in [1.807, 2.05) is 19.1 Å². The van der Waals surface area contributed by atoms with Gasteiger partial charge in [0.15, 0.2) is 0 Å². The second-order valence-corrected chi connectivity index (χ2v) is 8.34. The Morgan fingerprint density at radius 3 is 2.38 bits per heavy atom. The maximum atomic E-state index is 11.2. The predicted molar refractivity (Wildman–Crippen MR) is 128 cm³/mol. The van der Waals surface area contributed by atoms with Crippen molar-refractivity contribution < 1.29 is 19.0 Å². The van der Waals surface area contributed by atoms with Gasteiger partial charge in [-0.05, 0) is 67.9 Å². The molecule has 174 valence electrons. The van der Waals surface area contributed by atoms with Crippen LogP contribution in [0.3, 0.4) is 0 Å². The number of hydrogen-bond donors (Lipinski definition) is 0. The Hall–Kier alpha value is -2.37. The van der Waals surface area contributed by atoms with Gasteiger partial charge in [0.25, 0.3) is 0 Å². The first-order valence-corrected chi connectivity index (χ1v) is 11.9. The van der Waals surface area contributed by atoms with Crippen LogP contribution < -0.4 is 4.74 Å². The molecule has 1 saturated heterocycles. The van der Waals surface area contributed by atoms with E-state index < -0.39 is 0 Å². The van der Waals surface area contributed by atoms with Crippen LogP contribution in [0, 0.1) is 0 Å². The van der Waals surface area contributed by atoms with Crippen molar-refractivity contribution in [1.29, 1.82) is 0 Å². The Labute approximate surface area is 192 Å². The fourth-order valence-corrected chi connectivity index (χ4v) is 4.16. The van der Waals surface area contributed by atoms with Crippen LogP contribution in [0.1, 0.15) is 57.4 Å². The van der Waals surface area contributed by atoms with E-state index in [1.165, 1.54) is 36.6 Å². The summed E-state index contributed by atoms with van der Waals surface area (Å²) in [5.41, 5.74) is 3.58. The van der Waals surface area contributed by atoms with Crippen molar-refractivity contribution in [3.8, 4) is 16.9 Å². The molecule has 0 bridgehead atoms. The van der Waals surface area contributed by atoms with E-state index in [-0.39, 0.29) is 12.2 Å². The smallest absolute Gasteiger partial charge is 0.305 e. The van der Waals surface area contributed by atoms with Crippen molar-refractivity contribution in [2.45, 2.75) is 64.7 Å². The van der Waals surface area contributed by atoms with Gasteiger partial charge in [-0.2, -0.15) is 0 Å². The average Bonchev–Trinajstić information content (AvgIpc) is 2.84. The molecular weight excluding hydrogens is 402 g/mol. The highest BCUT2D eigenvalue weighted by Crippen LogP contribution is 2.24. The quantitative estimate of drug-likeness (QED) is 0.308. The van der Waals surface area contributed by atoms with Gasteiger partial charge < -0.3 is 14.2 Å². The van der Waals surface area contributed by atoms with Gasteiger partial charge in [0.05, 0.1) is 20.3 Å². The second kappa shape index (κ2) is 13.2. The van der Waals surface area contributed by atoms with E-state index in [9.17, 15) is 4.79 Å². The number of hydrogen-bond acceptors (Lipinski definition) is 5. The Bertz CT molecular complexity index is 803. The summed E-state index contributed by atoms with van der Waals surface area (Å²) in [4.78, 5) is 13.7. The first-order chi connectivity index (χ1) is 15.7. The maximum absolute atomic E-state index is 11.2. The zero-order chi connectivity index (χ0) is 22.6. The first-order valence-electron chi connectivity index (χ1n) is 11.9. The number of nitrogens with zero attached hydrogens (tertiary/aromatic N) is 1. The molecule has 0 amide bonds. The Kier molecular flexibility index (Phi) is 10.0. The van der Waals surface area contributed by atoms with Gasteiger partial charge in [0.2, 0.25) is 0 Å². The average molecular weight is 440 g/mol. The maximum Gasteiger partial charge on any atom is 0.305 e. The minimum atomic E-state index is -0.113. The number of benzene rings is 2. The van der Waals surface area contributed by atoms with Crippen LogP contribution in [-0.2, 0) is 20.9 Å². The molecule has 0 N–H and O–H groups in total. The Morgan fingerprint density at radius 2 is 1.69 bits per heavy atom. The second-order valence-electron chi connectivity index (χ2n) is 8.34. The van der Waals surface area contributed by atoms with E-state index in [1.54, 1.807) is 0 Å². The van der Waals surface area contributed by atoms with Gasteiger partial charge in [-0.1, -0.05) is 42.8 Å². The molecule has 5 nitrogen and oxygen atoms in total. The third-order valence-corrected chi connectivity index (χ3v) is 6.00. The summed E-state index contributed by atoms with van der Waals surface area (Å²) in [7, 11) is 1.45. The van der Waals surface area contributed by atoms with E-state index >= 15 is 0 Å². The summed E-state index contributed by atoms with van der Waals surface area (Å²) in [6.07, 6.45) is 7.29. The molecule has 1 heterocycles. The van der Waals surface area contributed by atoms with Crippen molar-refractivity contribution in [1.82, 2.24) is 4.90 Å². The van der Waals surface area contributed by atoms with Crippen LogP contribution in [0.15, 0.2) is 48.5 Å². The molecule has 32 heavy (non-hydrogen) atoms. The third kappa shape index (κ3) is 7.64. The molecule has 1 atom stereocenters. The molecule has 0 radical (unpaired) electrons. The lowest BCUT2D eigenvalue weighted by Gasteiger charge is -2.35. The van der Waals surface area contributed by atoms with Crippen LogP contribution in [0.2, 0.25) is 0 Å². The molecule has 2 aromatic carbocycles. The highest BCUT2D eigenvalue weighted by molar-refractivity contribution is 5.69. The lowest BCUT2D eigenvalue weighted by Crippen LogP contribution is -2.41. The number of esters is 1. The van der Waals surface area contributed by atoms with Crippen LogP contribution in [0.5, 0.6) is 5.75 Å². The van der Waals surface area contributed by atoms with Gasteiger partial charge >= 0.3 is 5.97 Å². The highest BCUT2D eigenvalue weighted by Gasteiger charge is 2.22. The molecule has 5 heteroatoms. The number of ether oxygens (including phenoxy) is 3. The molecular formula is C27H37NO4. The lowest BCUT2D eigenvalue weighted by atomic mass is 10.0. The molecule has 1 aliphatic heterocycles. The first kappa shape index (κ1) is 24.3. The third-order valence-electron chi connectivity index (χ3n) is 6.00. The van der Waals surface area contributed by atoms with Gasteiger partial charge in [-0.25, -0.2) is 0 Å². The summed E-state index contributed by atoms with van der Waals surface area (Å²) < 4.78 is 16.6. The van der Waals surface area contributed by atoms with Gasteiger partial charge in [-0.15, -0.1) is 0 Å². The molecule has 0 saturated carbocycles. The zero-order valence-corrected chi connectivity index (χ0v) is 19.6. The summed E-state index contributed by atoms with van der Waals surface area (Å²) in [5, 5.41) is 0. The minimum Gasteiger partial charge on any atom is -0.494 e. The molecule has 1 aliphatic rings. The predicted octanol–water partition coefficient (Wildman–Crippen LogP) is 5.81. The fraction of sp³-hybridized carbons (Fsp3) is 0.519. The Morgan fingerprint density at radius 1 is 0.969 bits per heavy atom. The molecule has 1 fully saturated rings. The summed E-state index contributed by atoms with van der Waals surface area (Å²) in [6.45, 7) is 5.44. The number of likely N-dealkylation sites (tertiary alicyclic amines) is 1. The standard InChI is InChI=1S/C27H37NO4/c1-3-31-25-17-15-24(16-18-25)23-13-11-22(12-14-23)21-32-26-9-6-8-20-28(26)19-7-4-5-10-27(29)30-2/h11-18,26H,3-10,19-21H2,1-2H3. The number of piperidine rings is 1. The number of carbonyl (C=O) groups excluding carboxylic acids is 1. The van der Waals surface area contributed by atoms with Crippen molar-refractivity contribution in [2.75, 3.05) is 26.8 Å². The summed E-state index contributed by atoms with van der Waals surface area (Å²) >= 11 is 0. The van der Waals surface area contributed by atoms with Crippen molar-refractivity contribution in [3.05, 3.63) is 54.1 Å². The molecule has 0 spiro atoms. The number of rotatable bonds is 12. The van der Waals surface area contributed by atoms with Crippen LogP contribution in [0.4, 0.5) is 0 Å². The van der Waals surface area contributed by atoms with Crippen molar-refractivity contribution in [3.63, 3.8) is 0 Å². The molecule has 2 aromatic rings. The highest BCUT2D eigenvalue weighted by atomic mass is 16.5. The minimum absolute atomic E-state index is 0.113. The molecule has 0 aliphatic carbocycles. The monoisotopic (exact) mass is 439 g/mol. The van der Waals surface area contributed by atoms with Crippen LogP contribution in [0.25, 0.3) is 11.1 Å². The topological polar surface area (TPSA) is 48.0 Å².